The molecule has 6 nitrogen and oxygen atoms in total. The van der Waals surface area contributed by atoms with Crippen molar-refractivity contribution >= 4 is 11.7 Å². The summed E-state index contributed by atoms with van der Waals surface area (Å²) < 4.78 is 0. The second-order valence-electron chi connectivity index (χ2n) is 7.28. The van der Waals surface area contributed by atoms with Crippen LogP contribution in [-0.4, -0.2) is 41.2 Å². The number of likely N-dealkylation sites (tertiary alicyclic amines) is 1. The van der Waals surface area contributed by atoms with Crippen molar-refractivity contribution in [1.29, 1.82) is 5.41 Å². The van der Waals surface area contributed by atoms with Crippen LogP contribution in [0.3, 0.4) is 0 Å². The third-order valence-corrected chi connectivity index (χ3v) is 5.04. The first kappa shape index (κ1) is 18.5. The monoisotopic (exact) mass is 355 g/mol. The third-order valence-electron chi connectivity index (χ3n) is 5.04. The zero-order valence-corrected chi connectivity index (χ0v) is 15.6. The molecule has 26 heavy (non-hydrogen) atoms. The molecule has 6 heteroatoms. The molecule has 3 rings (SSSR count). The summed E-state index contributed by atoms with van der Waals surface area (Å²) in [4.78, 5) is 16.3. The van der Waals surface area contributed by atoms with Gasteiger partial charge in [-0.05, 0) is 44.0 Å². The number of rotatable bonds is 4. The highest BCUT2D eigenvalue weighted by atomic mass is 16.1. The zero-order valence-electron chi connectivity index (χ0n) is 15.6. The molecule has 0 bridgehead atoms. The Balaban J connectivity index is 1.71. The Bertz CT molecular complexity index is 702. The minimum Gasteiger partial charge on any atom is -0.400 e. The van der Waals surface area contributed by atoms with Gasteiger partial charge in [-0.2, -0.15) is 0 Å². The van der Waals surface area contributed by atoms with Crippen LogP contribution in [0, 0.1) is 5.41 Å². The van der Waals surface area contributed by atoms with Gasteiger partial charge in [-0.25, -0.2) is 0 Å². The first-order valence-electron chi connectivity index (χ1n) is 9.43. The van der Waals surface area contributed by atoms with Gasteiger partial charge in [0.15, 0.2) is 0 Å². The van der Waals surface area contributed by atoms with Crippen LogP contribution in [0.4, 0.5) is 0 Å². The summed E-state index contributed by atoms with van der Waals surface area (Å²) in [5.41, 5.74) is 9.23. The molecule has 2 saturated heterocycles. The fourth-order valence-electron chi connectivity index (χ4n) is 3.63. The van der Waals surface area contributed by atoms with E-state index in [-0.39, 0.29) is 11.7 Å². The molecule has 0 spiro atoms. The van der Waals surface area contributed by atoms with Gasteiger partial charge >= 0.3 is 0 Å². The van der Waals surface area contributed by atoms with E-state index in [0.29, 0.717) is 30.9 Å². The van der Waals surface area contributed by atoms with E-state index in [4.69, 9.17) is 11.1 Å². The highest BCUT2D eigenvalue weighted by molar-refractivity contribution is 6.01. The van der Waals surface area contributed by atoms with Crippen molar-refractivity contribution in [2.75, 3.05) is 19.6 Å². The normalized spacial score (nSPS) is 21.3. The molecule has 0 atom stereocenters. The van der Waals surface area contributed by atoms with Crippen molar-refractivity contribution in [2.24, 2.45) is 5.73 Å². The lowest BCUT2D eigenvalue weighted by atomic mass is 10.1. The number of allylic oxidation sites excluding steroid dienone is 1. The number of amidine groups is 1. The number of carbonyl (C=O) groups excluding carboxylic acids is 1. The van der Waals surface area contributed by atoms with Crippen molar-refractivity contribution in [3.05, 3.63) is 46.8 Å². The molecule has 4 N–H and O–H groups in total. The van der Waals surface area contributed by atoms with Gasteiger partial charge in [0.05, 0.1) is 0 Å². The summed E-state index contributed by atoms with van der Waals surface area (Å²) >= 11 is 0. The molecule has 140 valence electrons. The van der Waals surface area contributed by atoms with Crippen LogP contribution in [0.25, 0.3) is 0 Å². The van der Waals surface area contributed by atoms with Gasteiger partial charge in [0, 0.05) is 31.8 Å². The van der Waals surface area contributed by atoms with Crippen molar-refractivity contribution in [1.82, 2.24) is 15.1 Å². The number of nitrogens with zero attached hydrogens (tertiary/aromatic N) is 2. The number of nitrogens with two attached hydrogens (primary N) is 1. The number of hydrogen-bond acceptors (Lipinski definition) is 4. The van der Waals surface area contributed by atoms with Gasteiger partial charge in [0.2, 0.25) is 5.91 Å². The van der Waals surface area contributed by atoms with E-state index in [0.717, 1.165) is 12.1 Å². The first-order chi connectivity index (χ1) is 12.5. The number of piperidine rings is 1. The Kier molecular flexibility index (Phi) is 5.93. The molecule has 2 heterocycles. The van der Waals surface area contributed by atoms with Crippen LogP contribution < -0.4 is 11.1 Å². The number of hydrogen-bond donors (Lipinski definition) is 3. The number of amides is 1. The van der Waals surface area contributed by atoms with E-state index < -0.39 is 0 Å². The summed E-state index contributed by atoms with van der Waals surface area (Å²) in [5, 5.41) is 11.2. The molecule has 1 amide bonds. The van der Waals surface area contributed by atoms with E-state index in [1.165, 1.54) is 37.9 Å². The minimum atomic E-state index is -0.0871. The van der Waals surface area contributed by atoms with Crippen molar-refractivity contribution in [3.8, 4) is 0 Å². The van der Waals surface area contributed by atoms with Gasteiger partial charge < -0.3 is 16.0 Å². The molecular weight excluding hydrogens is 326 g/mol. The van der Waals surface area contributed by atoms with E-state index in [1.807, 2.05) is 4.90 Å². The summed E-state index contributed by atoms with van der Waals surface area (Å²) in [7, 11) is 0. The average molecular weight is 355 g/mol. The number of benzene rings is 1. The second kappa shape index (κ2) is 8.36. The Hall–Kier alpha value is -2.34. The maximum absolute atomic E-state index is 11.9. The van der Waals surface area contributed by atoms with Gasteiger partial charge in [-0.15, -0.1) is 0 Å². The predicted molar refractivity (Wildman–Crippen MR) is 103 cm³/mol. The lowest BCUT2D eigenvalue weighted by Gasteiger charge is -2.27. The average Bonchev–Trinajstić information content (AvgIpc) is 2.76. The van der Waals surface area contributed by atoms with E-state index in [9.17, 15) is 4.79 Å². The maximum atomic E-state index is 11.9. The molecule has 0 radical (unpaired) electrons. The van der Waals surface area contributed by atoms with Crippen molar-refractivity contribution < 1.29 is 4.79 Å². The molecule has 0 aliphatic carbocycles. The fraction of sp³-hybridized carbons (Fsp3) is 0.500. The highest BCUT2D eigenvalue weighted by Crippen LogP contribution is 2.17. The summed E-state index contributed by atoms with van der Waals surface area (Å²) in [6.07, 6.45) is 4.29. The Morgan fingerprint density at radius 3 is 2.54 bits per heavy atom. The Morgan fingerprint density at radius 1 is 1.15 bits per heavy atom. The quantitative estimate of drug-likeness (QED) is 0.773. The van der Waals surface area contributed by atoms with E-state index in [1.54, 1.807) is 6.92 Å². The molecule has 2 aliphatic heterocycles. The van der Waals surface area contributed by atoms with Crippen LogP contribution >= 0.6 is 0 Å². The molecule has 0 unspecified atom stereocenters. The van der Waals surface area contributed by atoms with Gasteiger partial charge in [-0.3, -0.25) is 15.1 Å². The lowest BCUT2D eigenvalue weighted by molar-refractivity contribution is -0.120. The van der Waals surface area contributed by atoms with Gasteiger partial charge in [0.1, 0.15) is 11.5 Å². The standard InChI is InChI=1S/C20H29N5O/c1-15(21)19-20(22)25(11-8-18(26)23-19)14-17-7-5-6-16(12-17)13-24-9-3-2-4-10-24/h5-7,12,22H,2-4,8-11,13-14,21H2,1H3,(H,23,26)/b19-15-,22-20?. The topological polar surface area (TPSA) is 85.5 Å². The van der Waals surface area contributed by atoms with Crippen LogP contribution in [0.5, 0.6) is 0 Å². The lowest BCUT2D eigenvalue weighted by Crippen LogP contribution is -2.34. The van der Waals surface area contributed by atoms with Crippen molar-refractivity contribution in [3.63, 3.8) is 0 Å². The van der Waals surface area contributed by atoms with Gasteiger partial charge in [-0.1, -0.05) is 30.7 Å². The first-order valence-corrected chi connectivity index (χ1v) is 9.43. The molecule has 0 aromatic heterocycles. The molecule has 1 aromatic rings. The minimum absolute atomic E-state index is 0.0871. The number of nitrogens with one attached hydrogen (secondary N) is 2. The van der Waals surface area contributed by atoms with E-state index in [2.05, 4.69) is 34.5 Å². The molecule has 2 fully saturated rings. The zero-order chi connectivity index (χ0) is 18.5. The van der Waals surface area contributed by atoms with Crippen LogP contribution in [0.2, 0.25) is 0 Å². The second-order valence-corrected chi connectivity index (χ2v) is 7.28. The summed E-state index contributed by atoms with van der Waals surface area (Å²) in [6, 6.07) is 8.57. The fourth-order valence-corrected chi connectivity index (χ4v) is 3.63. The van der Waals surface area contributed by atoms with Crippen LogP contribution in [-0.2, 0) is 17.9 Å². The predicted octanol–water partition coefficient (Wildman–Crippen LogP) is 2.16. The van der Waals surface area contributed by atoms with Crippen LogP contribution in [0.15, 0.2) is 35.7 Å². The van der Waals surface area contributed by atoms with E-state index >= 15 is 0 Å². The third kappa shape index (κ3) is 4.64. The molecule has 1 aromatic carbocycles. The molecule has 0 saturated carbocycles. The molecule has 2 aliphatic rings. The summed E-state index contributed by atoms with van der Waals surface area (Å²) in [5.74, 6) is 0.202. The van der Waals surface area contributed by atoms with Crippen LogP contribution in [0.1, 0.15) is 43.7 Å². The summed E-state index contributed by atoms with van der Waals surface area (Å²) in [6.45, 7) is 6.19. The Labute approximate surface area is 155 Å². The Morgan fingerprint density at radius 2 is 1.85 bits per heavy atom. The maximum Gasteiger partial charge on any atom is 0.226 e. The highest BCUT2D eigenvalue weighted by Gasteiger charge is 2.23. The largest absolute Gasteiger partial charge is 0.400 e. The smallest absolute Gasteiger partial charge is 0.226 e. The number of carbonyl (C=O) groups is 1. The van der Waals surface area contributed by atoms with Gasteiger partial charge in [0.25, 0.3) is 0 Å². The van der Waals surface area contributed by atoms with Crippen molar-refractivity contribution in [2.45, 2.75) is 45.7 Å². The molecular formula is C20H29N5O. The SMILES string of the molecule is C/C(N)=C1/NC(=O)CCN(Cc2cccc(CN3CCCCC3)c2)C1=N.